The van der Waals surface area contributed by atoms with Crippen LogP contribution >= 0.6 is 9.24 Å². The number of hydrogen-bond donors (Lipinski definition) is 2. The van der Waals surface area contributed by atoms with E-state index in [1.165, 1.54) is 6.07 Å². The molecule has 0 radical (unpaired) electrons. The molecular weight excluding hydrogens is 133 g/mol. The Morgan fingerprint density at radius 1 is 1.44 bits per heavy atom. The molecule has 0 bridgehead atoms. The molecule has 1 rings (SSSR count). The number of rotatable bonds is 0. The Balaban J connectivity index is 3.17. The maximum Gasteiger partial charge on any atom is 0.117 e. The van der Waals surface area contributed by atoms with Gasteiger partial charge in [0, 0.05) is 11.8 Å². The second kappa shape index (κ2) is 2.24. The summed E-state index contributed by atoms with van der Waals surface area (Å²) in [5.41, 5.74) is 6.04. The quantitative estimate of drug-likeness (QED) is 0.407. The van der Waals surface area contributed by atoms with Crippen LogP contribution in [0.15, 0.2) is 18.2 Å². The molecule has 9 heavy (non-hydrogen) atoms. The van der Waals surface area contributed by atoms with Gasteiger partial charge in [0.05, 0.1) is 0 Å². The first-order valence-corrected chi connectivity index (χ1v) is 3.12. The number of benzene rings is 1. The molecule has 1 aromatic carbocycles. The van der Waals surface area contributed by atoms with Crippen LogP contribution in [0.3, 0.4) is 0 Å². The molecule has 0 heterocycles. The van der Waals surface area contributed by atoms with Crippen molar-refractivity contribution in [1.29, 1.82) is 0 Å². The van der Waals surface area contributed by atoms with Crippen LogP contribution in [0.5, 0.6) is 5.75 Å². The van der Waals surface area contributed by atoms with Crippen molar-refractivity contribution in [3.63, 3.8) is 0 Å². The summed E-state index contributed by atoms with van der Waals surface area (Å²) in [6, 6.07) is 4.86. The van der Waals surface area contributed by atoms with Crippen molar-refractivity contribution in [3.05, 3.63) is 18.2 Å². The molecule has 3 N–H and O–H groups in total. The number of hydrogen-bond acceptors (Lipinski definition) is 2. The third kappa shape index (κ3) is 1.33. The minimum atomic E-state index is 0.207. The Hall–Kier alpha value is -0.750. The van der Waals surface area contributed by atoms with Crippen LogP contribution in [0.1, 0.15) is 0 Å². The predicted octanol–water partition coefficient (Wildman–Crippen LogP) is 0.475. The first kappa shape index (κ1) is 6.37. The third-order valence-corrected chi connectivity index (χ3v) is 1.60. The third-order valence-electron chi connectivity index (χ3n) is 1.07. The van der Waals surface area contributed by atoms with Gasteiger partial charge >= 0.3 is 0 Å². The summed E-state index contributed by atoms with van der Waals surface area (Å²) in [6.45, 7) is 0. The fourth-order valence-corrected chi connectivity index (χ4v) is 0.742. The smallest absolute Gasteiger partial charge is 0.117 e. The lowest BCUT2D eigenvalue weighted by Crippen LogP contribution is -1.98. The number of phenols is 1. The Labute approximate surface area is 55.9 Å². The molecule has 0 amide bonds. The van der Waals surface area contributed by atoms with Gasteiger partial charge in [-0.05, 0) is 17.4 Å². The van der Waals surface area contributed by atoms with E-state index in [9.17, 15) is 0 Å². The van der Waals surface area contributed by atoms with Gasteiger partial charge in [0.1, 0.15) is 5.75 Å². The molecule has 1 unspecified atom stereocenters. The van der Waals surface area contributed by atoms with Gasteiger partial charge in [0.15, 0.2) is 0 Å². The van der Waals surface area contributed by atoms with Crippen LogP contribution in [-0.2, 0) is 0 Å². The first-order chi connectivity index (χ1) is 4.20. The highest BCUT2D eigenvalue weighted by Gasteiger charge is 1.91. The summed E-state index contributed by atoms with van der Waals surface area (Å²) in [6.07, 6.45) is 0. The number of nitrogen functional groups attached to an aromatic ring is 1. The van der Waals surface area contributed by atoms with Gasteiger partial charge < -0.3 is 10.8 Å². The Bertz CT molecular complexity index is 224. The maximum atomic E-state index is 8.85. The van der Waals surface area contributed by atoms with E-state index in [1.807, 2.05) is 0 Å². The molecule has 1 aromatic rings. The molecule has 0 aliphatic heterocycles. The lowest BCUT2D eigenvalue weighted by atomic mass is 10.3. The highest BCUT2D eigenvalue weighted by atomic mass is 31.0. The summed E-state index contributed by atoms with van der Waals surface area (Å²) >= 11 is 0. The van der Waals surface area contributed by atoms with Crippen molar-refractivity contribution in [3.8, 4) is 5.75 Å². The van der Waals surface area contributed by atoms with Crippen molar-refractivity contribution in [2.45, 2.75) is 0 Å². The van der Waals surface area contributed by atoms with Crippen molar-refractivity contribution in [2.24, 2.45) is 0 Å². The number of nitrogens with two attached hydrogens (primary N) is 1. The van der Waals surface area contributed by atoms with Gasteiger partial charge in [-0.25, -0.2) is 0 Å². The van der Waals surface area contributed by atoms with E-state index in [1.54, 1.807) is 12.1 Å². The molecule has 3 heteroatoms. The van der Waals surface area contributed by atoms with E-state index in [0.29, 0.717) is 5.69 Å². The molecule has 0 saturated heterocycles. The van der Waals surface area contributed by atoms with Gasteiger partial charge in [0.25, 0.3) is 0 Å². The molecule has 1 atom stereocenters. The molecule has 0 aliphatic carbocycles. The second-order valence-electron chi connectivity index (χ2n) is 1.81. The summed E-state index contributed by atoms with van der Waals surface area (Å²) in [4.78, 5) is 0. The normalized spacial score (nSPS) is 9.44. The monoisotopic (exact) mass is 141 g/mol. The van der Waals surface area contributed by atoms with Gasteiger partial charge in [-0.15, -0.1) is 9.24 Å². The summed E-state index contributed by atoms with van der Waals surface area (Å²) in [5, 5.41) is 9.76. The number of phenolic OH excluding ortho intramolecular Hbond substituents is 1. The van der Waals surface area contributed by atoms with Crippen LogP contribution in [0.2, 0.25) is 0 Å². The predicted molar refractivity (Wildman–Crippen MR) is 41.9 cm³/mol. The Morgan fingerprint density at radius 3 is 2.56 bits per heavy atom. The van der Waals surface area contributed by atoms with E-state index < -0.39 is 0 Å². The molecule has 0 aromatic heterocycles. The molecule has 2 nitrogen and oxygen atoms in total. The molecular formula is C6H8NOP. The number of aromatic hydroxyl groups is 1. The fraction of sp³-hybridized carbons (Fsp3) is 0. The molecule has 0 spiro atoms. The maximum absolute atomic E-state index is 8.85. The van der Waals surface area contributed by atoms with Crippen molar-refractivity contribution in [1.82, 2.24) is 0 Å². The standard InChI is InChI=1S/C6H8NOP/c7-5-3-4(8)1-2-6(5)9/h1-3,8H,7,9H2. The van der Waals surface area contributed by atoms with E-state index >= 15 is 0 Å². The van der Waals surface area contributed by atoms with Crippen molar-refractivity contribution < 1.29 is 5.11 Å². The van der Waals surface area contributed by atoms with Crippen molar-refractivity contribution >= 4 is 20.2 Å². The SMILES string of the molecule is Nc1cc(O)ccc1P. The van der Waals surface area contributed by atoms with Crippen LogP contribution in [0, 0.1) is 0 Å². The zero-order chi connectivity index (χ0) is 6.85. The summed E-state index contributed by atoms with van der Waals surface area (Å²) in [7, 11) is 2.47. The lowest BCUT2D eigenvalue weighted by Gasteiger charge is -1.97. The summed E-state index contributed by atoms with van der Waals surface area (Å²) in [5.74, 6) is 0.207. The van der Waals surface area contributed by atoms with E-state index in [-0.39, 0.29) is 5.75 Å². The van der Waals surface area contributed by atoms with Gasteiger partial charge in [0.2, 0.25) is 0 Å². The van der Waals surface area contributed by atoms with E-state index in [2.05, 4.69) is 9.24 Å². The van der Waals surface area contributed by atoms with Gasteiger partial charge in [-0.3, -0.25) is 0 Å². The Kier molecular flexibility index (Phi) is 1.58. The minimum Gasteiger partial charge on any atom is -0.508 e. The average molecular weight is 141 g/mol. The van der Waals surface area contributed by atoms with Gasteiger partial charge in [-0.2, -0.15) is 0 Å². The second-order valence-corrected chi connectivity index (χ2v) is 2.44. The molecule has 0 aliphatic rings. The summed E-state index contributed by atoms with van der Waals surface area (Å²) < 4.78 is 0. The van der Waals surface area contributed by atoms with Crippen LogP contribution in [-0.4, -0.2) is 5.11 Å². The number of anilines is 1. The van der Waals surface area contributed by atoms with Crippen LogP contribution in [0.4, 0.5) is 5.69 Å². The topological polar surface area (TPSA) is 46.2 Å². The van der Waals surface area contributed by atoms with E-state index in [0.717, 1.165) is 5.30 Å². The van der Waals surface area contributed by atoms with Crippen molar-refractivity contribution in [2.75, 3.05) is 5.73 Å². The molecule has 0 saturated carbocycles. The largest absolute Gasteiger partial charge is 0.508 e. The zero-order valence-electron chi connectivity index (χ0n) is 4.83. The fourth-order valence-electron chi connectivity index (χ4n) is 0.562. The highest BCUT2D eigenvalue weighted by molar-refractivity contribution is 7.28. The highest BCUT2D eigenvalue weighted by Crippen LogP contribution is 2.11. The van der Waals surface area contributed by atoms with Gasteiger partial charge in [-0.1, -0.05) is 0 Å². The average Bonchev–Trinajstić information content (AvgIpc) is 1.80. The Morgan fingerprint density at radius 2 is 2.11 bits per heavy atom. The van der Waals surface area contributed by atoms with E-state index in [4.69, 9.17) is 10.8 Å². The molecule has 0 fully saturated rings. The molecule has 48 valence electrons. The zero-order valence-corrected chi connectivity index (χ0v) is 5.99. The first-order valence-electron chi connectivity index (χ1n) is 2.54. The van der Waals surface area contributed by atoms with Crippen LogP contribution < -0.4 is 11.0 Å². The van der Waals surface area contributed by atoms with Crippen LogP contribution in [0.25, 0.3) is 0 Å². The minimum absolute atomic E-state index is 0.207. The lowest BCUT2D eigenvalue weighted by molar-refractivity contribution is 0.476.